The molecule has 0 saturated carbocycles. The molecule has 0 aliphatic carbocycles. The minimum atomic E-state index is -0.824. The van der Waals surface area contributed by atoms with Crippen molar-refractivity contribution in [2.75, 3.05) is 13.2 Å². The molecule has 1 atom stereocenters. The van der Waals surface area contributed by atoms with Crippen LogP contribution in [0.3, 0.4) is 0 Å². The maximum atomic E-state index is 12.9. The number of hydrogen-bond donors (Lipinski definition) is 0. The average molecular weight is 1100 g/mol. The highest BCUT2D eigenvalue weighted by Gasteiger charge is 2.19. The fourth-order valence-electron chi connectivity index (χ4n) is 8.19. The highest BCUT2D eigenvalue weighted by atomic mass is 16.6. The zero-order valence-electron chi connectivity index (χ0n) is 51.3. The summed E-state index contributed by atoms with van der Waals surface area (Å²) < 4.78 is 16.8. The van der Waals surface area contributed by atoms with Crippen molar-refractivity contribution in [3.05, 3.63) is 170 Å². The van der Waals surface area contributed by atoms with E-state index in [0.717, 1.165) is 148 Å². The largest absolute Gasteiger partial charge is 0.462 e. The van der Waals surface area contributed by atoms with E-state index in [0.29, 0.717) is 19.3 Å². The van der Waals surface area contributed by atoms with Crippen molar-refractivity contribution in [2.24, 2.45) is 0 Å². The third-order valence-corrected chi connectivity index (χ3v) is 12.9. The molecule has 448 valence electrons. The molecule has 0 amide bonds. The van der Waals surface area contributed by atoms with Crippen molar-refractivity contribution in [2.45, 2.75) is 264 Å². The number of allylic oxidation sites excluding steroid dienone is 28. The monoisotopic (exact) mass is 1100 g/mol. The van der Waals surface area contributed by atoms with Gasteiger partial charge in [0, 0.05) is 19.3 Å². The quantitative estimate of drug-likeness (QED) is 0.0261. The van der Waals surface area contributed by atoms with Crippen molar-refractivity contribution in [1.29, 1.82) is 0 Å². The van der Waals surface area contributed by atoms with Crippen LogP contribution in [0.5, 0.6) is 0 Å². The fraction of sp³-hybridized carbons (Fsp3) is 0.581. The van der Waals surface area contributed by atoms with Gasteiger partial charge in [0.2, 0.25) is 0 Å². The lowest BCUT2D eigenvalue weighted by molar-refractivity contribution is -0.166. The van der Waals surface area contributed by atoms with E-state index < -0.39 is 6.10 Å². The first-order chi connectivity index (χ1) is 39.5. The van der Waals surface area contributed by atoms with Crippen LogP contribution in [0, 0.1) is 0 Å². The number of unbranched alkanes of at least 4 members (excludes halogenated alkanes) is 17. The normalized spacial score (nSPS) is 13.3. The van der Waals surface area contributed by atoms with Crippen molar-refractivity contribution < 1.29 is 28.6 Å². The lowest BCUT2D eigenvalue weighted by atomic mass is 10.1. The summed E-state index contributed by atoms with van der Waals surface area (Å²) in [5.74, 6) is -1.02. The Balaban J connectivity index is 4.27. The molecule has 0 rings (SSSR count). The fourth-order valence-corrected chi connectivity index (χ4v) is 8.19. The Morgan fingerprint density at radius 1 is 0.263 bits per heavy atom. The van der Waals surface area contributed by atoms with Crippen molar-refractivity contribution in [3.8, 4) is 0 Å². The molecule has 0 aliphatic rings. The molecular formula is C74H116O6. The second-order valence-corrected chi connectivity index (χ2v) is 20.5. The van der Waals surface area contributed by atoms with Gasteiger partial charge in [-0.15, -0.1) is 0 Å². The van der Waals surface area contributed by atoms with Gasteiger partial charge < -0.3 is 14.2 Å². The van der Waals surface area contributed by atoms with Crippen LogP contribution in [0.25, 0.3) is 0 Å². The van der Waals surface area contributed by atoms with Crippen molar-refractivity contribution in [3.63, 3.8) is 0 Å². The van der Waals surface area contributed by atoms with Gasteiger partial charge in [0.15, 0.2) is 6.10 Å². The van der Waals surface area contributed by atoms with Crippen molar-refractivity contribution >= 4 is 17.9 Å². The van der Waals surface area contributed by atoms with Gasteiger partial charge in [0.1, 0.15) is 13.2 Å². The van der Waals surface area contributed by atoms with E-state index >= 15 is 0 Å². The Morgan fingerprint density at radius 2 is 0.512 bits per heavy atom. The summed E-state index contributed by atoms with van der Waals surface area (Å²) >= 11 is 0. The molecule has 6 nitrogen and oxygen atoms in total. The van der Waals surface area contributed by atoms with E-state index in [1.54, 1.807) is 0 Å². The predicted octanol–water partition coefficient (Wildman–Crippen LogP) is 22.3. The van der Waals surface area contributed by atoms with Crippen LogP contribution in [-0.2, 0) is 28.6 Å². The van der Waals surface area contributed by atoms with Gasteiger partial charge in [-0.2, -0.15) is 0 Å². The van der Waals surface area contributed by atoms with Crippen LogP contribution in [0.4, 0.5) is 0 Å². The summed E-state index contributed by atoms with van der Waals surface area (Å²) in [7, 11) is 0. The van der Waals surface area contributed by atoms with Gasteiger partial charge in [-0.1, -0.05) is 274 Å². The van der Waals surface area contributed by atoms with Gasteiger partial charge in [-0.3, -0.25) is 14.4 Å². The van der Waals surface area contributed by atoms with Crippen molar-refractivity contribution in [1.82, 2.24) is 0 Å². The Kier molecular flexibility index (Phi) is 61.9. The number of hydrogen-bond acceptors (Lipinski definition) is 6. The number of carbonyl (C=O) groups is 3. The van der Waals surface area contributed by atoms with Gasteiger partial charge >= 0.3 is 17.9 Å². The molecule has 0 bridgehead atoms. The highest BCUT2D eigenvalue weighted by Crippen LogP contribution is 2.14. The Bertz CT molecular complexity index is 1840. The maximum Gasteiger partial charge on any atom is 0.306 e. The lowest BCUT2D eigenvalue weighted by Gasteiger charge is -2.18. The topological polar surface area (TPSA) is 78.9 Å². The van der Waals surface area contributed by atoms with E-state index in [1.807, 2.05) is 12.2 Å². The number of carbonyl (C=O) groups excluding carboxylic acids is 3. The number of esters is 3. The molecule has 0 aliphatic heterocycles. The van der Waals surface area contributed by atoms with Crippen LogP contribution in [0.15, 0.2) is 170 Å². The maximum absolute atomic E-state index is 12.9. The molecule has 1 unspecified atom stereocenters. The first kappa shape index (κ1) is 74.8. The molecule has 0 aromatic carbocycles. The number of rotatable bonds is 56. The zero-order valence-corrected chi connectivity index (χ0v) is 51.3. The standard InChI is InChI=1S/C74H116O6/c1-4-7-10-13-16-19-22-25-27-28-29-30-31-32-33-34-35-36-37-38-39-40-41-42-43-44-45-46-47-50-52-55-58-61-64-67-73(76)79-70-71(69-78-72(75)66-63-60-57-54-51-48-24-21-18-15-12-9-6-3)80-74(77)68-65-62-59-56-53-49-26-23-20-17-14-11-8-5-2/h7,9-10,12,14,16-19,21,23,25-27,29-30,32-33,35-36,38-39,41-42,48,51,57,60,71H,4-6,8,11,13,15,20,22,24,28,31,34,37,40,43-47,49-50,52-56,58-59,61-70H2,1-3H3/b10-7-,12-9-,17-14-,19-16-,21-18-,26-23-,27-25-,30-29-,33-32-,36-35-,39-38-,42-41-,51-48-,60-57-. The van der Waals surface area contributed by atoms with E-state index in [9.17, 15) is 14.4 Å². The predicted molar refractivity (Wildman–Crippen MR) is 348 cm³/mol. The molecular weight excluding hydrogens is 985 g/mol. The van der Waals surface area contributed by atoms with Crippen LogP contribution in [0.1, 0.15) is 258 Å². The molecule has 0 N–H and O–H groups in total. The van der Waals surface area contributed by atoms with Gasteiger partial charge in [-0.05, 0) is 135 Å². The summed E-state index contributed by atoms with van der Waals surface area (Å²) in [4.78, 5) is 38.2. The molecule has 80 heavy (non-hydrogen) atoms. The SMILES string of the molecule is CC/C=C\C/C=C\C/C=C\C/C=C\C/C=C\C/C=C\C/C=C\C/C=C\CCCCCCCCCCCCC(=O)OCC(COC(=O)CC/C=C\C/C=C\C/C=C\C/C=C\CC)OC(=O)CCCCCCC/C=C\C/C=C\CCCC. The molecule has 0 saturated heterocycles. The van der Waals surface area contributed by atoms with E-state index in [1.165, 1.54) is 64.2 Å². The summed E-state index contributed by atoms with van der Waals surface area (Å²) in [6.07, 6.45) is 98.1. The summed E-state index contributed by atoms with van der Waals surface area (Å²) in [6.45, 7) is 6.28. The van der Waals surface area contributed by atoms with Gasteiger partial charge in [0.05, 0.1) is 0 Å². The Hall–Kier alpha value is -5.23. The van der Waals surface area contributed by atoms with Gasteiger partial charge in [-0.25, -0.2) is 0 Å². The molecule has 0 heterocycles. The average Bonchev–Trinajstić information content (AvgIpc) is 3.46. The lowest BCUT2D eigenvalue weighted by Crippen LogP contribution is -2.30. The zero-order chi connectivity index (χ0) is 57.8. The van der Waals surface area contributed by atoms with Crippen LogP contribution in [-0.4, -0.2) is 37.2 Å². The molecule has 6 heteroatoms. The second-order valence-electron chi connectivity index (χ2n) is 20.5. The van der Waals surface area contributed by atoms with E-state index in [4.69, 9.17) is 14.2 Å². The Morgan fingerprint density at radius 3 is 0.838 bits per heavy atom. The minimum Gasteiger partial charge on any atom is -0.462 e. The second kappa shape index (κ2) is 66.3. The molecule has 0 fully saturated rings. The van der Waals surface area contributed by atoms with Crippen LogP contribution in [0.2, 0.25) is 0 Å². The summed E-state index contributed by atoms with van der Waals surface area (Å²) in [6, 6.07) is 0. The van der Waals surface area contributed by atoms with Crippen LogP contribution >= 0.6 is 0 Å². The third kappa shape index (κ3) is 63.6. The first-order valence-electron chi connectivity index (χ1n) is 32.1. The molecule has 0 aromatic rings. The Labute approximate surface area is 492 Å². The first-order valence-corrected chi connectivity index (χ1v) is 32.1. The van der Waals surface area contributed by atoms with E-state index in [2.05, 4.69) is 179 Å². The third-order valence-electron chi connectivity index (χ3n) is 12.9. The smallest absolute Gasteiger partial charge is 0.306 e. The molecule has 0 spiro atoms. The summed E-state index contributed by atoms with van der Waals surface area (Å²) in [5, 5.41) is 0. The van der Waals surface area contributed by atoms with E-state index in [-0.39, 0.29) is 37.5 Å². The summed E-state index contributed by atoms with van der Waals surface area (Å²) in [5.41, 5.74) is 0. The van der Waals surface area contributed by atoms with Crippen LogP contribution < -0.4 is 0 Å². The molecule has 0 radical (unpaired) electrons. The van der Waals surface area contributed by atoms with Gasteiger partial charge in [0.25, 0.3) is 0 Å². The number of ether oxygens (including phenoxy) is 3. The minimum absolute atomic E-state index is 0.114. The molecule has 0 aromatic heterocycles. The highest BCUT2D eigenvalue weighted by molar-refractivity contribution is 5.71.